The van der Waals surface area contributed by atoms with Gasteiger partial charge in [-0.05, 0) is 19.2 Å². The molecular formula is C9H14N2O2. The molecule has 13 heavy (non-hydrogen) atoms. The summed E-state index contributed by atoms with van der Waals surface area (Å²) in [4.78, 5) is 15.3. The van der Waals surface area contributed by atoms with Crippen LogP contribution in [-0.2, 0) is 11.3 Å². The zero-order valence-corrected chi connectivity index (χ0v) is 7.66. The molecule has 0 saturated carbocycles. The van der Waals surface area contributed by atoms with Gasteiger partial charge in [0.2, 0.25) is 0 Å². The molecule has 1 aromatic heterocycles. The molecule has 2 N–H and O–H groups in total. The molecule has 1 rings (SSSR count). The minimum atomic E-state index is -0.752. The molecule has 0 amide bonds. The number of carboxylic acid groups (broad SMARTS) is 1. The second-order valence-electron chi connectivity index (χ2n) is 3.08. The fourth-order valence-electron chi connectivity index (χ4n) is 1.12. The Morgan fingerprint density at radius 2 is 2.46 bits per heavy atom. The Morgan fingerprint density at radius 1 is 1.69 bits per heavy atom. The average Bonchev–Trinajstić information content (AvgIpc) is 2.53. The molecular weight excluding hydrogens is 168 g/mol. The topological polar surface area (TPSA) is 56.3 Å². The summed E-state index contributed by atoms with van der Waals surface area (Å²) in [6.45, 7) is 1.34. The van der Waals surface area contributed by atoms with Crippen molar-refractivity contribution in [1.82, 2.24) is 9.88 Å². The summed E-state index contributed by atoms with van der Waals surface area (Å²) in [5, 5.41) is 8.45. The van der Waals surface area contributed by atoms with E-state index in [-0.39, 0.29) is 6.42 Å². The van der Waals surface area contributed by atoms with Gasteiger partial charge in [0.05, 0.1) is 6.42 Å². The Morgan fingerprint density at radius 3 is 3.00 bits per heavy atom. The SMILES string of the molecule is CN(CCC(=O)O)Cc1ccc[nH]1. The van der Waals surface area contributed by atoms with E-state index in [1.54, 1.807) is 0 Å². The van der Waals surface area contributed by atoms with E-state index in [4.69, 9.17) is 5.11 Å². The molecule has 0 aromatic carbocycles. The normalized spacial score (nSPS) is 10.6. The highest BCUT2D eigenvalue weighted by Gasteiger charge is 2.03. The van der Waals surface area contributed by atoms with Crippen molar-refractivity contribution >= 4 is 5.97 Å². The van der Waals surface area contributed by atoms with E-state index in [2.05, 4.69) is 4.98 Å². The van der Waals surface area contributed by atoms with E-state index in [0.29, 0.717) is 6.54 Å². The van der Waals surface area contributed by atoms with Crippen LogP contribution in [0.3, 0.4) is 0 Å². The standard InChI is InChI=1S/C9H14N2O2/c1-11(6-4-9(12)13)7-8-3-2-5-10-8/h2-3,5,10H,4,6-7H2,1H3,(H,12,13). The van der Waals surface area contributed by atoms with E-state index in [1.807, 2.05) is 30.3 Å². The lowest BCUT2D eigenvalue weighted by Gasteiger charge is -2.13. The zero-order chi connectivity index (χ0) is 9.68. The third kappa shape index (κ3) is 3.75. The highest BCUT2D eigenvalue weighted by molar-refractivity contribution is 5.66. The second kappa shape index (κ2) is 4.67. The summed E-state index contributed by atoms with van der Waals surface area (Å²) in [5.41, 5.74) is 1.10. The van der Waals surface area contributed by atoms with Crippen LogP contribution < -0.4 is 0 Å². The largest absolute Gasteiger partial charge is 0.481 e. The molecule has 4 nitrogen and oxygen atoms in total. The molecule has 4 heteroatoms. The Hall–Kier alpha value is -1.29. The van der Waals surface area contributed by atoms with Crippen molar-refractivity contribution in [3.05, 3.63) is 24.0 Å². The van der Waals surface area contributed by atoms with Crippen LogP contribution in [0.5, 0.6) is 0 Å². The molecule has 0 bridgehead atoms. The molecule has 0 fully saturated rings. The van der Waals surface area contributed by atoms with Gasteiger partial charge in [-0.3, -0.25) is 4.79 Å². The molecule has 0 unspecified atom stereocenters. The lowest BCUT2D eigenvalue weighted by Crippen LogP contribution is -2.21. The minimum Gasteiger partial charge on any atom is -0.481 e. The summed E-state index contributed by atoms with van der Waals surface area (Å²) >= 11 is 0. The molecule has 0 spiro atoms. The highest BCUT2D eigenvalue weighted by atomic mass is 16.4. The monoisotopic (exact) mass is 182 g/mol. The minimum absolute atomic E-state index is 0.192. The number of aromatic amines is 1. The van der Waals surface area contributed by atoms with Crippen LogP contribution >= 0.6 is 0 Å². The molecule has 72 valence electrons. The molecule has 0 aliphatic carbocycles. The van der Waals surface area contributed by atoms with Gasteiger partial charge in [-0.1, -0.05) is 0 Å². The fraction of sp³-hybridized carbons (Fsp3) is 0.444. The molecule has 0 aliphatic heterocycles. The third-order valence-electron chi connectivity index (χ3n) is 1.81. The number of aliphatic carboxylic acids is 1. The lowest BCUT2D eigenvalue weighted by molar-refractivity contribution is -0.137. The maximum atomic E-state index is 10.3. The van der Waals surface area contributed by atoms with Crippen molar-refractivity contribution in [3.63, 3.8) is 0 Å². The Labute approximate surface area is 77.2 Å². The number of carbonyl (C=O) groups is 1. The summed E-state index contributed by atoms with van der Waals surface area (Å²) in [7, 11) is 1.91. The Bertz CT molecular complexity index is 257. The number of aromatic nitrogens is 1. The van der Waals surface area contributed by atoms with Crippen molar-refractivity contribution < 1.29 is 9.90 Å². The van der Waals surface area contributed by atoms with Crippen LogP contribution in [0.1, 0.15) is 12.1 Å². The molecule has 1 aromatic rings. The number of nitrogens with zero attached hydrogens (tertiary/aromatic N) is 1. The van der Waals surface area contributed by atoms with Crippen molar-refractivity contribution in [3.8, 4) is 0 Å². The van der Waals surface area contributed by atoms with Gasteiger partial charge in [-0.15, -0.1) is 0 Å². The van der Waals surface area contributed by atoms with Gasteiger partial charge < -0.3 is 15.0 Å². The molecule has 0 radical (unpaired) electrons. The number of H-pyrrole nitrogens is 1. The van der Waals surface area contributed by atoms with Crippen molar-refractivity contribution in [2.24, 2.45) is 0 Å². The first-order valence-electron chi connectivity index (χ1n) is 4.21. The van der Waals surface area contributed by atoms with Gasteiger partial charge in [-0.2, -0.15) is 0 Å². The maximum absolute atomic E-state index is 10.3. The number of carboxylic acids is 1. The van der Waals surface area contributed by atoms with Crippen molar-refractivity contribution in [2.75, 3.05) is 13.6 Å². The summed E-state index contributed by atoms with van der Waals surface area (Å²) in [6, 6.07) is 3.91. The number of hydrogen-bond acceptors (Lipinski definition) is 2. The van der Waals surface area contributed by atoms with E-state index in [1.165, 1.54) is 0 Å². The summed E-state index contributed by atoms with van der Waals surface area (Å²) in [6.07, 6.45) is 2.05. The maximum Gasteiger partial charge on any atom is 0.304 e. The van der Waals surface area contributed by atoms with Gasteiger partial charge >= 0.3 is 5.97 Å². The van der Waals surface area contributed by atoms with Crippen molar-refractivity contribution in [2.45, 2.75) is 13.0 Å². The predicted molar refractivity (Wildman–Crippen MR) is 49.4 cm³/mol. The highest BCUT2D eigenvalue weighted by Crippen LogP contribution is 1.99. The molecule has 1 heterocycles. The molecule has 0 aliphatic rings. The van der Waals surface area contributed by atoms with Crippen LogP contribution in [0.2, 0.25) is 0 Å². The summed E-state index contributed by atoms with van der Waals surface area (Å²) < 4.78 is 0. The van der Waals surface area contributed by atoms with Crippen molar-refractivity contribution in [1.29, 1.82) is 0 Å². The number of rotatable bonds is 5. The number of hydrogen-bond donors (Lipinski definition) is 2. The lowest BCUT2D eigenvalue weighted by atomic mass is 10.3. The quantitative estimate of drug-likeness (QED) is 0.712. The Balaban J connectivity index is 2.25. The van der Waals surface area contributed by atoms with E-state index >= 15 is 0 Å². The second-order valence-corrected chi connectivity index (χ2v) is 3.08. The van der Waals surface area contributed by atoms with Gasteiger partial charge in [0.15, 0.2) is 0 Å². The Kier molecular flexibility index (Phi) is 3.52. The van der Waals surface area contributed by atoms with Crippen LogP contribution in [0.15, 0.2) is 18.3 Å². The molecule has 0 atom stereocenters. The average molecular weight is 182 g/mol. The fourth-order valence-corrected chi connectivity index (χ4v) is 1.12. The third-order valence-corrected chi connectivity index (χ3v) is 1.81. The first-order chi connectivity index (χ1) is 6.18. The molecule has 0 saturated heterocycles. The van der Waals surface area contributed by atoms with Gasteiger partial charge in [0, 0.05) is 25.0 Å². The van der Waals surface area contributed by atoms with E-state index in [9.17, 15) is 4.79 Å². The smallest absolute Gasteiger partial charge is 0.304 e. The number of nitrogens with one attached hydrogen (secondary N) is 1. The van der Waals surface area contributed by atoms with Crippen LogP contribution in [0, 0.1) is 0 Å². The van der Waals surface area contributed by atoms with Crippen LogP contribution in [0.25, 0.3) is 0 Å². The van der Waals surface area contributed by atoms with Gasteiger partial charge in [0.1, 0.15) is 0 Å². The predicted octanol–water partition coefficient (Wildman–Crippen LogP) is 0.921. The van der Waals surface area contributed by atoms with Crippen LogP contribution in [0.4, 0.5) is 0 Å². The van der Waals surface area contributed by atoms with Crippen LogP contribution in [-0.4, -0.2) is 34.6 Å². The summed E-state index contributed by atoms with van der Waals surface area (Å²) in [5.74, 6) is -0.752. The van der Waals surface area contributed by atoms with E-state index in [0.717, 1.165) is 12.2 Å². The zero-order valence-electron chi connectivity index (χ0n) is 7.66. The van der Waals surface area contributed by atoms with E-state index < -0.39 is 5.97 Å². The first kappa shape index (κ1) is 9.80. The van der Waals surface area contributed by atoms with Gasteiger partial charge in [-0.25, -0.2) is 0 Å². The van der Waals surface area contributed by atoms with Gasteiger partial charge in [0.25, 0.3) is 0 Å². The first-order valence-corrected chi connectivity index (χ1v) is 4.21.